The molecule has 180 valence electrons. The number of anilines is 3. The number of ether oxygens (including phenoxy) is 1. The van der Waals surface area contributed by atoms with Gasteiger partial charge in [0.1, 0.15) is 11.6 Å². The fraction of sp³-hybridized carbons (Fsp3) is 0.292. The smallest absolute Gasteiger partial charge is 0.330 e. The molecule has 0 fully saturated rings. The minimum atomic E-state index is -0.764. The third kappa shape index (κ3) is 5.90. The fourth-order valence-electron chi connectivity index (χ4n) is 3.54. The summed E-state index contributed by atoms with van der Waals surface area (Å²) in [6, 6.07) is 13.4. The van der Waals surface area contributed by atoms with Crippen molar-refractivity contribution in [3.63, 3.8) is 0 Å². The van der Waals surface area contributed by atoms with Crippen LogP contribution in [0.5, 0.6) is 0 Å². The van der Waals surface area contributed by atoms with Gasteiger partial charge in [-0.25, -0.2) is 9.18 Å². The summed E-state index contributed by atoms with van der Waals surface area (Å²) in [7, 11) is 1.53. The molecule has 1 amide bonds. The van der Waals surface area contributed by atoms with Crippen LogP contribution in [0.25, 0.3) is 0 Å². The van der Waals surface area contributed by atoms with Crippen molar-refractivity contribution < 1.29 is 13.9 Å². The maximum Gasteiger partial charge on any atom is 0.330 e. The van der Waals surface area contributed by atoms with Gasteiger partial charge in [0, 0.05) is 25.9 Å². The van der Waals surface area contributed by atoms with Crippen LogP contribution in [-0.2, 0) is 16.1 Å². The maximum absolute atomic E-state index is 13.6. The molecule has 3 aromatic rings. The number of nitrogen functional groups attached to an aromatic ring is 1. The van der Waals surface area contributed by atoms with Crippen molar-refractivity contribution in [3.05, 3.63) is 86.3 Å². The summed E-state index contributed by atoms with van der Waals surface area (Å²) in [4.78, 5) is 42.0. The summed E-state index contributed by atoms with van der Waals surface area (Å²) in [5.74, 6) is -1.03. The number of amides is 1. The van der Waals surface area contributed by atoms with Crippen molar-refractivity contribution in [1.82, 2.24) is 9.55 Å². The molecular formula is C24H28FN5O4. The number of nitrogens with two attached hydrogens (primary N) is 1. The Morgan fingerprint density at radius 2 is 1.94 bits per heavy atom. The number of carbonyl (C=O) groups is 1. The van der Waals surface area contributed by atoms with Crippen molar-refractivity contribution >= 4 is 23.1 Å². The van der Waals surface area contributed by atoms with Gasteiger partial charge in [-0.15, -0.1) is 0 Å². The van der Waals surface area contributed by atoms with E-state index >= 15 is 0 Å². The van der Waals surface area contributed by atoms with Gasteiger partial charge in [0.05, 0.1) is 13.1 Å². The second kappa shape index (κ2) is 11.3. The largest absolute Gasteiger partial charge is 0.385 e. The second-order valence-corrected chi connectivity index (χ2v) is 7.77. The van der Waals surface area contributed by atoms with E-state index in [4.69, 9.17) is 10.5 Å². The molecule has 0 aliphatic rings. The van der Waals surface area contributed by atoms with E-state index in [0.717, 1.165) is 11.1 Å². The number of benzene rings is 2. The van der Waals surface area contributed by atoms with Gasteiger partial charge in [-0.3, -0.25) is 19.1 Å². The van der Waals surface area contributed by atoms with E-state index in [1.54, 1.807) is 13.0 Å². The highest BCUT2D eigenvalue weighted by Crippen LogP contribution is 2.20. The number of carbonyl (C=O) groups excluding carboxylic acids is 1. The van der Waals surface area contributed by atoms with Gasteiger partial charge in [-0.1, -0.05) is 36.4 Å². The Kier molecular flexibility index (Phi) is 8.20. The summed E-state index contributed by atoms with van der Waals surface area (Å²) < 4.78 is 19.9. The number of halogens is 1. The van der Waals surface area contributed by atoms with Gasteiger partial charge in [0.25, 0.3) is 5.56 Å². The zero-order chi connectivity index (χ0) is 24.7. The average molecular weight is 470 g/mol. The number of aryl methyl sites for hydroxylation is 1. The van der Waals surface area contributed by atoms with Crippen LogP contribution in [0.2, 0.25) is 0 Å². The normalized spacial score (nSPS) is 10.8. The van der Waals surface area contributed by atoms with E-state index in [-0.39, 0.29) is 31.1 Å². The SMILES string of the molecule is COCCCN(C(=O)CNc1cc(F)ccc1C)c1c(N)n(Cc2ccccc2)c(=O)[nH]c1=O. The van der Waals surface area contributed by atoms with Gasteiger partial charge in [0.2, 0.25) is 5.91 Å². The van der Waals surface area contributed by atoms with Crippen LogP contribution < -0.4 is 27.2 Å². The predicted molar refractivity (Wildman–Crippen MR) is 130 cm³/mol. The molecule has 0 aliphatic carbocycles. The first-order valence-electron chi connectivity index (χ1n) is 10.8. The Morgan fingerprint density at radius 1 is 1.21 bits per heavy atom. The molecule has 0 bridgehead atoms. The van der Waals surface area contributed by atoms with E-state index < -0.39 is 23.0 Å². The van der Waals surface area contributed by atoms with Gasteiger partial charge >= 0.3 is 5.69 Å². The van der Waals surface area contributed by atoms with Gasteiger partial charge in [-0.05, 0) is 36.6 Å². The van der Waals surface area contributed by atoms with E-state index in [1.165, 1.54) is 28.7 Å². The Morgan fingerprint density at radius 3 is 2.65 bits per heavy atom. The lowest BCUT2D eigenvalue weighted by atomic mass is 10.2. The molecule has 34 heavy (non-hydrogen) atoms. The number of rotatable bonds is 10. The quantitative estimate of drug-likeness (QED) is 0.391. The van der Waals surface area contributed by atoms with E-state index in [1.807, 2.05) is 30.3 Å². The first kappa shape index (κ1) is 24.7. The van der Waals surface area contributed by atoms with Crippen molar-refractivity contribution in [3.8, 4) is 0 Å². The van der Waals surface area contributed by atoms with Crippen LogP contribution in [0.1, 0.15) is 17.5 Å². The van der Waals surface area contributed by atoms with Gasteiger partial charge in [-0.2, -0.15) is 0 Å². The molecule has 4 N–H and O–H groups in total. The monoisotopic (exact) mass is 469 g/mol. The average Bonchev–Trinajstić information content (AvgIpc) is 2.81. The van der Waals surface area contributed by atoms with Crippen LogP contribution in [-0.4, -0.2) is 42.3 Å². The van der Waals surface area contributed by atoms with Crippen LogP contribution in [0.3, 0.4) is 0 Å². The number of hydrogen-bond donors (Lipinski definition) is 3. The van der Waals surface area contributed by atoms with Crippen LogP contribution in [0.15, 0.2) is 58.1 Å². The first-order chi connectivity index (χ1) is 16.3. The van der Waals surface area contributed by atoms with Crippen molar-refractivity contribution in [2.24, 2.45) is 0 Å². The van der Waals surface area contributed by atoms with Crippen molar-refractivity contribution in [2.75, 3.05) is 42.8 Å². The molecule has 0 saturated carbocycles. The second-order valence-electron chi connectivity index (χ2n) is 7.77. The Balaban J connectivity index is 1.94. The maximum atomic E-state index is 13.6. The Bertz CT molecular complexity index is 1260. The number of nitrogens with one attached hydrogen (secondary N) is 2. The highest BCUT2D eigenvalue weighted by molar-refractivity contribution is 5.98. The lowest BCUT2D eigenvalue weighted by molar-refractivity contribution is -0.117. The minimum Gasteiger partial charge on any atom is -0.385 e. The number of methoxy groups -OCH3 is 1. The van der Waals surface area contributed by atoms with E-state index in [9.17, 15) is 18.8 Å². The number of aromatic amines is 1. The van der Waals surface area contributed by atoms with Crippen LogP contribution >= 0.6 is 0 Å². The zero-order valence-electron chi connectivity index (χ0n) is 19.1. The van der Waals surface area contributed by atoms with Crippen molar-refractivity contribution in [2.45, 2.75) is 19.9 Å². The number of H-pyrrole nitrogens is 1. The third-order valence-electron chi connectivity index (χ3n) is 5.33. The first-order valence-corrected chi connectivity index (χ1v) is 10.8. The topological polar surface area (TPSA) is 122 Å². The van der Waals surface area contributed by atoms with Crippen LogP contribution in [0.4, 0.5) is 21.6 Å². The lowest BCUT2D eigenvalue weighted by Crippen LogP contribution is -2.44. The molecular weight excluding hydrogens is 441 g/mol. The fourth-order valence-corrected chi connectivity index (χ4v) is 3.54. The van der Waals surface area contributed by atoms with Crippen molar-refractivity contribution in [1.29, 1.82) is 0 Å². The zero-order valence-corrected chi connectivity index (χ0v) is 19.1. The summed E-state index contributed by atoms with van der Waals surface area (Å²) in [6.45, 7) is 2.17. The summed E-state index contributed by atoms with van der Waals surface area (Å²) in [5, 5.41) is 2.91. The highest BCUT2D eigenvalue weighted by Gasteiger charge is 2.24. The molecule has 0 spiro atoms. The number of hydrogen-bond acceptors (Lipinski definition) is 6. The standard InChI is InChI=1S/C24H28FN5O4/c1-16-9-10-18(25)13-19(16)27-14-20(31)29(11-6-12-34-2)21-22(26)30(24(33)28-23(21)32)15-17-7-4-3-5-8-17/h3-5,7-10,13,27H,6,11-12,14-15,26H2,1-2H3,(H,28,32,33). The molecule has 9 nitrogen and oxygen atoms in total. The molecule has 3 rings (SSSR count). The third-order valence-corrected chi connectivity index (χ3v) is 5.33. The molecule has 1 heterocycles. The molecule has 1 aromatic heterocycles. The molecule has 10 heteroatoms. The summed E-state index contributed by atoms with van der Waals surface area (Å²) in [5.41, 5.74) is 6.74. The van der Waals surface area contributed by atoms with E-state index in [0.29, 0.717) is 18.7 Å². The Hall–Kier alpha value is -3.92. The number of aromatic nitrogens is 2. The Labute approximate surface area is 196 Å². The minimum absolute atomic E-state index is 0.116. The molecule has 0 aliphatic heterocycles. The highest BCUT2D eigenvalue weighted by atomic mass is 19.1. The molecule has 2 aromatic carbocycles. The molecule has 0 unspecified atom stereocenters. The summed E-state index contributed by atoms with van der Waals surface area (Å²) >= 11 is 0. The van der Waals surface area contributed by atoms with E-state index in [2.05, 4.69) is 10.3 Å². The number of nitrogens with zero attached hydrogens (tertiary/aromatic N) is 2. The predicted octanol–water partition coefficient (Wildman–Crippen LogP) is 2.10. The van der Waals surface area contributed by atoms with Crippen LogP contribution in [0, 0.1) is 12.7 Å². The molecule has 0 atom stereocenters. The van der Waals surface area contributed by atoms with Gasteiger partial charge < -0.3 is 20.7 Å². The van der Waals surface area contributed by atoms with Gasteiger partial charge in [0.15, 0.2) is 5.69 Å². The molecule has 0 saturated heterocycles. The molecule has 0 radical (unpaired) electrons. The lowest BCUT2D eigenvalue weighted by Gasteiger charge is -2.25. The summed E-state index contributed by atoms with van der Waals surface area (Å²) in [6.07, 6.45) is 0.428.